The van der Waals surface area contributed by atoms with E-state index in [0.717, 1.165) is 4.31 Å². The molecule has 2 aromatic carbocycles. The zero-order valence-electron chi connectivity index (χ0n) is 15.9. The molecular formula is C18H21ClN2O6S. The first-order valence-electron chi connectivity index (χ1n) is 8.04. The summed E-state index contributed by atoms with van der Waals surface area (Å²) < 4.78 is 41.9. The molecule has 0 radical (unpaired) electrons. The number of ether oxygens (including phenoxy) is 3. The van der Waals surface area contributed by atoms with Crippen LogP contribution < -0.4 is 19.5 Å². The molecule has 1 N–H and O–H groups in total. The SMILES string of the molecule is COc1ccc(Cl)cc1NC(=O)CN(C)S(=O)(=O)c1ccc(OC)c(OC)c1. The van der Waals surface area contributed by atoms with Crippen molar-refractivity contribution in [3.8, 4) is 17.2 Å². The summed E-state index contributed by atoms with van der Waals surface area (Å²) in [6, 6.07) is 8.93. The zero-order valence-corrected chi connectivity index (χ0v) is 17.4. The molecule has 0 saturated carbocycles. The first-order valence-corrected chi connectivity index (χ1v) is 9.86. The van der Waals surface area contributed by atoms with Gasteiger partial charge in [0.1, 0.15) is 5.75 Å². The molecule has 152 valence electrons. The van der Waals surface area contributed by atoms with Gasteiger partial charge in [-0.3, -0.25) is 4.79 Å². The summed E-state index contributed by atoms with van der Waals surface area (Å²) in [6.45, 7) is -0.410. The Morgan fingerprint density at radius 2 is 1.61 bits per heavy atom. The number of halogens is 1. The number of carbonyl (C=O) groups excluding carboxylic acids is 1. The highest BCUT2D eigenvalue weighted by Crippen LogP contribution is 2.31. The summed E-state index contributed by atoms with van der Waals surface area (Å²) in [5.74, 6) is 0.523. The number of hydrogen-bond donors (Lipinski definition) is 1. The Morgan fingerprint density at radius 3 is 2.21 bits per heavy atom. The van der Waals surface area contributed by atoms with E-state index in [1.165, 1.54) is 52.6 Å². The third-order valence-corrected chi connectivity index (χ3v) is 5.90. The summed E-state index contributed by atoms with van der Waals surface area (Å²) in [5, 5.41) is 3.00. The van der Waals surface area contributed by atoms with Gasteiger partial charge in [-0.15, -0.1) is 0 Å². The molecule has 0 heterocycles. The van der Waals surface area contributed by atoms with Crippen molar-refractivity contribution in [2.75, 3.05) is 40.2 Å². The van der Waals surface area contributed by atoms with Crippen LogP contribution in [0.4, 0.5) is 5.69 Å². The van der Waals surface area contributed by atoms with Crippen molar-refractivity contribution in [1.29, 1.82) is 0 Å². The molecule has 10 heteroatoms. The van der Waals surface area contributed by atoms with Crippen molar-refractivity contribution in [3.05, 3.63) is 41.4 Å². The van der Waals surface area contributed by atoms with Gasteiger partial charge in [0.25, 0.3) is 0 Å². The van der Waals surface area contributed by atoms with Crippen LogP contribution >= 0.6 is 11.6 Å². The first-order chi connectivity index (χ1) is 13.2. The Labute approximate surface area is 169 Å². The summed E-state index contributed by atoms with van der Waals surface area (Å²) >= 11 is 5.93. The van der Waals surface area contributed by atoms with E-state index < -0.39 is 22.5 Å². The molecule has 0 saturated heterocycles. The van der Waals surface area contributed by atoms with Crippen molar-refractivity contribution in [1.82, 2.24) is 4.31 Å². The van der Waals surface area contributed by atoms with Crippen LogP contribution in [0.1, 0.15) is 0 Å². The maximum absolute atomic E-state index is 12.8. The Morgan fingerprint density at radius 1 is 1.00 bits per heavy atom. The van der Waals surface area contributed by atoms with E-state index in [1.807, 2.05) is 0 Å². The Hall–Kier alpha value is -2.49. The van der Waals surface area contributed by atoms with Gasteiger partial charge in [-0.2, -0.15) is 4.31 Å². The standard InChI is InChI=1S/C18H21ClN2O6S/c1-21(11-18(22)20-14-9-12(19)5-7-15(14)25-2)28(23,24)13-6-8-16(26-3)17(10-13)27-4/h5-10H,11H2,1-4H3,(H,20,22). The van der Waals surface area contributed by atoms with Crippen LogP contribution in [-0.4, -0.2) is 53.6 Å². The third kappa shape index (κ3) is 4.86. The van der Waals surface area contributed by atoms with Crippen LogP contribution in [0.25, 0.3) is 0 Å². The van der Waals surface area contributed by atoms with E-state index in [4.69, 9.17) is 25.8 Å². The van der Waals surface area contributed by atoms with Crippen molar-refractivity contribution in [3.63, 3.8) is 0 Å². The fourth-order valence-electron chi connectivity index (χ4n) is 2.41. The fourth-order valence-corrected chi connectivity index (χ4v) is 3.73. The number of amides is 1. The highest BCUT2D eigenvalue weighted by atomic mass is 35.5. The van der Waals surface area contributed by atoms with Crippen LogP contribution in [0, 0.1) is 0 Å². The van der Waals surface area contributed by atoms with Crippen molar-refractivity contribution < 1.29 is 27.4 Å². The molecule has 0 spiro atoms. The van der Waals surface area contributed by atoms with E-state index in [0.29, 0.717) is 22.2 Å². The Bertz CT molecular complexity index is 965. The first kappa shape index (κ1) is 21.8. The van der Waals surface area contributed by atoms with Gasteiger partial charge in [-0.1, -0.05) is 11.6 Å². The maximum Gasteiger partial charge on any atom is 0.243 e. The number of rotatable bonds is 8. The van der Waals surface area contributed by atoms with Crippen LogP contribution in [0.3, 0.4) is 0 Å². The van der Waals surface area contributed by atoms with Gasteiger partial charge in [0.15, 0.2) is 11.5 Å². The second kappa shape index (κ2) is 9.13. The Balaban J connectivity index is 2.18. The van der Waals surface area contributed by atoms with Gasteiger partial charge in [0.2, 0.25) is 15.9 Å². The predicted molar refractivity (Wildman–Crippen MR) is 106 cm³/mol. The minimum absolute atomic E-state index is 0.0270. The minimum Gasteiger partial charge on any atom is -0.495 e. The second-order valence-corrected chi connectivity index (χ2v) is 8.15. The predicted octanol–water partition coefficient (Wildman–Crippen LogP) is 2.63. The third-order valence-electron chi connectivity index (χ3n) is 3.87. The van der Waals surface area contributed by atoms with E-state index >= 15 is 0 Å². The summed E-state index contributed by atoms with van der Waals surface area (Å²) in [6.07, 6.45) is 0. The number of sulfonamides is 1. The molecule has 2 aromatic rings. The lowest BCUT2D eigenvalue weighted by Crippen LogP contribution is -2.35. The molecule has 0 bridgehead atoms. The number of hydrogen-bond acceptors (Lipinski definition) is 6. The molecule has 0 aliphatic carbocycles. The summed E-state index contributed by atoms with van der Waals surface area (Å²) in [5.41, 5.74) is 0.344. The van der Waals surface area contributed by atoms with Crippen molar-refractivity contribution >= 4 is 33.2 Å². The fraction of sp³-hybridized carbons (Fsp3) is 0.278. The molecule has 28 heavy (non-hydrogen) atoms. The lowest BCUT2D eigenvalue weighted by Gasteiger charge is -2.18. The van der Waals surface area contributed by atoms with E-state index in [1.54, 1.807) is 12.1 Å². The summed E-state index contributed by atoms with van der Waals surface area (Å²) in [7, 11) is 1.69. The van der Waals surface area contributed by atoms with Gasteiger partial charge in [-0.25, -0.2) is 8.42 Å². The second-order valence-electron chi connectivity index (χ2n) is 5.67. The lowest BCUT2D eigenvalue weighted by molar-refractivity contribution is -0.116. The number of nitrogens with zero attached hydrogens (tertiary/aromatic N) is 1. The highest BCUT2D eigenvalue weighted by Gasteiger charge is 2.25. The van der Waals surface area contributed by atoms with Crippen LogP contribution in [0.15, 0.2) is 41.3 Å². The minimum atomic E-state index is -3.93. The smallest absolute Gasteiger partial charge is 0.243 e. The average molecular weight is 429 g/mol. The van der Waals surface area contributed by atoms with E-state index in [-0.39, 0.29) is 10.6 Å². The number of methoxy groups -OCH3 is 3. The molecule has 8 nitrogen and oxygen atoms in total. The van der Waals surface area contributed by atoms with Gasteiger partial charge in [-0.05, 0) is 30.3 Å². The molecule has 0 unspecified atom stereocenters. The number of carbonyl (C=O) groups is 1. The molecule has 0 atom stereocenters. The van der Waals surface area contributed by atoms with Gasteiger partial charge in [0.05, 0.1) is 38.5 Å². The quantitative estimate of drug-likeness (QED) is 0.694. The average Bonchev–Trinajstić information content (AvgIpc) is 2.67. The van der Waals surface area contributed by atoms with Gasteiger partial charge >= 0.3 is 0 Å². The monoisotopic (exact) mass is 428 g/mol. The normalized spacial score (nSPS) is 11.2. The molecule has 2 rings (SSSR count). The molecule has 1 amide bonds. The lowest BCUT2D eigenvalue weighted by atomic mass is 10.3. The number of likely N-dealkylation sites (N-methyl/N-ethyl adjacent to an activating group) is 1. The largest absolute Gasteiger partial charge is 0.495 e. The Kier molecular flexibility index (Phi) is 7.11. The number of anilines is 1. The number of nitrogens with one attached hydrogen (secondary N) is 1. The van der Waals surface area contributed by atoms with E-state index in [2.05, 4.69) is 5.32 Å². The van der Waals surface area contributed by atoms with Gasteiger partial charge in [0, 0.05) is 18.1 Å². The van der Waals surface area contributed by atoms with Crippen molar-refractivity contribution in [2.45, 2.75) is 4.90 Å². The molecule has 0 aliphatic rings. The van der Waals surface area contributed by atoms with Crippen molar-refractivity contribution in [2.24, 2.45) is 0 Å². The molecule has 0 aromatic heterocycles. The van der Waals surface area contributed by atoms with Crippen LogP contribution in [-0.2, 0) is 14.8 Å². The van der Waals surface area contributed by atoms with Crippen LogP contribution in [0.2, 0.25) is 5.02 Å². The maximum atomic E-state index is 12.8. The van der Waals surface area contributed by atoms with E-state index in [9.17, 15) is 13.2 Å². The molecule has 0 aliphatic heterocycles. The summed E-state index contributed by atoms with van der Waals surface area (Å²) in [4.78, 5) is 12.3. The topological polar surface area (TPSA) is 94.2 Å². The molecule has 0 fully saturated rings. The molecular weight excluding hydrogens is 408 g/mol. The van der Waals surface area contributed by atoms with Crippen LogP contribution in [0.5, 0.6) is 17.2 Å². The number of benzene rings is 2. The highest BCUT2D eigenvalue weighted by molar-refractivity contribution is 7.89. The van der Waals surface area contributed by atoms with Gasteiger partial charge < -0.3 is 19.5 Å². The zero-order chi connectivity index (χ0) is 20.9.